The van der Waals surface area contributed by atoms with Crippen molar-refractivity contribution in [3.8, 4) is 10.6 Å². The Labute approximate surface area is 111 Å². The summed E-state index contributed by atoms with van der Waals surface area (Å²) in [6, 6.07) is 4.83. The van der Waals surface area contributed by atoms with Crippen molar-refractivity contribution in [1.29, 1.82) is 0 Å². The fourth-order valence-electron chi connectivity index (χ4n) is 1.50. The van der Waals surface area contributed by atoms with E-state index >= 15 is 0 Å². The normalized spacial score (nSPS) is 13.3. The van der Waals surface area contributed by atoms with E-state index in [1.807, 2.05) is 0 Å². The van der Waals surface area contributed by atoms with Crippen molar-refractivity contribution in [1.82, 2.24) is 4.98 Å². The fourth-order valence-corrected chi connectivity index (χ4v) is 2.43. The van der Waals surface area contributed by atoms with E-state index in [0.29, 0.717) is 10.6 Å². The first-order valence-corrected chi connectivity index (χ1v) is 6.32. The average Bonchev–Trinajstić information content (AvgIpc) is 2.86. The number of aldehydes is 1. The maximum Gasteiger partial charge on any atom is 0.416 e. The third kappa shape index (κ3) is 3.01. The highest BCUT2D eigenvalue weighted by atomic mass is 32.1. The number of carbonyl (C=O) groups is 1. The molecular weight excluding hydrogens is 275 g/mol. The lowest BCUT2D eigenvalue weighted by molar-refractivity contribution is -0.137. The summed E-state index contributed by atoms with van der Waals surface area (Å²) in [6.45, 7) is 1.75. The Bertz CT molecular complexity index is 574. The minimum Gasteiger partial charge on any atom is -0.303 e. The average molecular weight is 285 g/mol. The van der Waals surface area contributed by atoms with Gasteiger partial charge in [-0.1, -0.05) is 19.1 Å². The van der Waals surface area contributed by atoms with Gasteiger partial charge in [0.25, 0.3) is 0 Å². The lowest BCUT2D eigenvalue weighted by Crippen LogP contribution is -2.03. The molecule has 0 aliphatic rings. The molecule has 1 unspecified atom stereocenters. The van der Waals surface area contributed by atoms with Crippen LogP contribution < -0.4 is 0 Å². The summed E-state index contributed by atoms with van der Waals surface area (Å²) in [7, 11) is 0. The molecule has 1 heterocycles. The number of thiazole rings is 1. The molecule has 0 N–H and O–H groups in total. The molecule has 0 radical (unpaired) electrons. The smallest absolute Gasteiger partial charge is 0.303 e. The highest BCUT2D eigenvalue weighted by molar-refractivity contribution is 7.15. The van der Waals surface area contributed by atoms with E-state index in [4.69, 9.17) is 0 Å². The molecular formula is C13H10F3NOS. The predicted molar refractivity (Wildman–Crippen MR) is 67.0 cm³/mol. The zero-order valence-corrected chi connectivity index (χ0v) is 10.8. The van der Waals surface area contributed by atoms with Gasteiger partial charge in [-0.25, -0.2) is 4.98 Å². The second-order valence-electron chi connectivity index (χ2n) is 4.07. The number of halogens is 3. The quantitative estimate of drug-likeness (QED) is 0.794. The van der Waals surface area contributed by atoms with Gasteiger partial charge in [0.05, 0.1) is 5.56 Å². The molecule has 1 aromatic heterocycles. The molecule has 19 heavy (non-hydrogen) atoms. The Balaban J connectivity index is 2.28. The summed E-state index contributed by atoms with van der Waals surface area (Å²) >= 11 is 1.31. The van der Waals surface area contributed by atoms with Crippen LogP contribution >= 0.6 is 11.3 Å². The molecule has 0 fully saturated rings. The predicted octanol–water partition coefficient (Wildman–Crippen LogP) is 4.13. The van der Waals surface area contributed by atoms with Crippen molar-refractivity contribution < 1.29 is 18.0 Å². The maximum atomic E-state index is 12.4. The molecule has 100 valence electrons. The number of benzene rings is 1. The van der Waals surface area contributed by atoms with Crippen molar-refractivity contribution in [2.24, 2.45) is 0 Å². The zero-order chi connectivity index (χ0) is 14.0. The number of nitrogens with zero attached hydrogens (tertiary/aromatic N) is 1. The Morgan fingerprint density at radius 3 is 2.42 bits per heavy atom. The van der Waals surface area contributed by atoms with Crippen LogP contribution in [0.2, 0.25) is 0 Å². The van der Waals surface area contributed by atoms with Gasteiger partial charge in [-0.2, -0.15) is 13.2 Å². The lowest BCUT2D eigenvalue weighted by atomic mass is 10.1. The first-order valence-electron chi connectivity index (χ1n) is 5.50. The summed E-state index contributed by atoms with van der Waals surface area (Å²) in [4.78, 5) is 15.6. The zero-order valence-electron chi connectivity index (χ0n) is 9.94. The van der Waals surface area contributed by atoms with Gasteiger partial charge < -0.3 is 4.79 Å². The number of alkyl halides is 3. The molecule has 0 bridgehead atoms. The second-order valence-corrected chi connectivity index (χ2v) is 5.13. The molecule has 0 saturated carbocycles. The van der Waals surface area contributed by atoms with Crippen molar-refractivity contribution in [3.05, 3.63) is 40.9 Å². The number of hydrogen-bond acceptors (Lipinski definition) is 3. The largest absolute Gasteiger partial charge is 0.416 e. The molecule has 1 aromatic carbocycles. The molecule has 0 spiro atoms. The molecule has 0 aliphatic heterocycles. The molecule has 0 aliphatic carbocycles. The fraction of sp³-hybridized carbons (Fsp3) is 0.231. The SMILES string of the molecule is CC(C=O)c1cnc(-c2ccc(C(F)(F)F)cc2)s1. The van der Waals surface area contributed by atoms with Gasteiger partial charge in [0, 0.05) is 22.6 Å². The molecule has 0 saturated heterocycles. The number of carbonyl (C=O) groups excluding carboxylic acids is 1. The van der Waals surface area contributed by atoms with Crippen molar-refractivity contribution in [2.75, 3.05) is 0 Å². The number of aromatic nitrogens is 1. The van der Waals surface area contributed by atoms with Crippen LogP contribution in [0.4, 0.5) is 13.2 Å². The molecule has 0 amide bonds. The van der Waals surface area contributed by atoms with E-state index in [-0.39, 0.29) is 5.92 Å². The van der Waals surface area contributed by atoms with E-state index in [1.54, 1.807) is 13.1 Å². The van der Waals surface area contributed by atoms with E-state index in [0.717, 1.165) is 23.3 Å². The standard InChI is InChI=1S/C13H10F3NOS/c1-8(7-18)11-6-17-12(19-11)9-2-4-10(5-3-9)13(14,15)16/h2-8H,1H3. The van der Waals surface area contributed by atoms with Crippen LogP contribution in [-0.4, -0.2) is 11.3 Å². The Morgan fingerprint density at radius 1 is 1.26 bits per heavy atom. The summed E-state index contributed by atoms with van der Waals surface area (Å²) in [6.07, 6.45) is -1.95. The number of hydrogen-bond donors (Lipinski definition) is 0. The molecule has 6 heteroatoms. The van der Waals surface area contributed by atoms with Crippen LogP contribution in [0.5, 0.6) is 0 Å². The number of rotatable bonds is 3. The summed E-state index contributed by atoms with van der Waals surface area (Å²) in [5.74, 6) is -0.249. The second kappa shape index (κ2) is 5.13. The summed E-state index contributed by atoms with van der Waals surface area (Å²) < 4.78 is 37.3. The third-order valence-corrected chi connectivity index (χ3v) is 3.88. The maximum absolute atomic E-state index is 12.4. The summed E-state index contributed by atoms with van der Waals surface area (Å²) in [5.41, 5.74) is -0.0726. The minimum absolute atomic E-state index is 0.249. The van der Waals surface area contributed by atoms with Crippen LogP contribution in [0.1, 0.15) is 23.3 Å². The topological polar surface area (TPSA) is 30.0 Å². The molecule has 2 aromatic rings. The molecule has 1 atom stereocenters. The molecule has 2 rings (SSSR count). The minimum atomic E-state index is -4.33. The van der Waals surface area contributed by atoms with Gasteiger partial charge in [-0.05, 0) is 12.1 Å². The first-order chi connectivity index (χ1) is 8.91. The Hall–Kier alpha value is -1.69. The van der Waals surface area contributed by atoms with Crippen LogP contribution in [-0.2, 0) is 11.0 Å². The van der Waals surface area contributed by atoms with Gasteiger partial charge in [0.1, 0.15) is 11.3 Å². The first kappa shape index (κ1) is 13.7. The van der Waals surface area contributed by atoms with Gasteiger partial charge >= 0.3 is 6.18 Å². The van der Waals surface area contributed by atoms with Crippen LogP contribution in [0.25, 0.3) is 10.6 Å². The van der Waals surface area contributed by atoms with Crippen LogP contribution in [0, 0.1) is 0 Å². The monoisotopic (exact) mass is 285 g/mol. The van der Waals surface area contributed by atoms with Crippen molar-refractivity contribution in [3.63, 3.8) is 0 Å². The Kier molecular flexibility index (Phi) is 3.71. The van der Waals surface area contributed by atoms with Gasteiger partial charge in [0.2, 0.25) is 0 Å². The van der Waals surface area contributed by atoms with Crippen LogP contribution in [0.3, 0.4) is 0 Å². The highest BCUT2D eigenvalue weighted by Crippen LogP contribution is 2.33. The van der Waals surface area contributed by atoms with Gasteiger partial charge in [-0.3, -0.25) is 0 Å². The van der Waals surface area contributed by atoms with Crippen molar-refractivity contribution >= 4 is 17.6 Å². The van der Waals surface area contributed by atoms with Gasteiger partial charge in [-0.15, -0.1) is 11.3 Å². The van der Waals surface area contributed by atoms with Gasteiger partial charge in [0.15, 0.2) is 0 Å². The van der Waals surface area contributed by atoms with E-state index in [1.165, 1.54) is 23.5 Å². The van der Waals surface area contributed by atoms with E-state index < -0.39 is 11.7 Å². The molecule has 2 nitrogen and oxygen atoms in total. The van der Waals surface area contributed by atoms with E-state index in [9.17, 15) is 18.0 Å². The summed E-state index contributed by atoms with van der Waals surface area (Å²) in [5, 5.41) is 0.609. The Morgan fingerprint density at radius 2 is 1.89 bits per heavy atom. The van der Waals surface area contributed by atoms with Crippen molar-refractivity contribution in [2.45, 2.75) is 19.0 Å². The lowest BCUT2D eigenvalue weighted by Gasteiger charge is -2.06. The van der Waals surface area contributed by atoms with E-state index in [2.05, 4.69) is 4.98 Å². The third-order valence-electron chi connectivity index (χ3n) is 2.64. The highest BCUT2D eigenvalue weighted by Gasteiger charge is 2.30. The van der Waals surface area contributed by atoms with Crippen LogP contribution in [0.15, 0.2) is 30.5 Å².